The van der Waals surface area contributed by atoms with Crippen LogP contribution >= 0.6 is 34.8 Å². The number of benzene rings is 1. The van der Waals surface area contributed by atoms with Gasteiger partial charge in [0.25, 0.3) is 5.91 Å². The van der Waals surface area contributed by atoms with Gasteiger partial charge in [0.05, 0.1) is 10.0 Å². The summed E-state index contributed by atoms with van der Waals surface area (Å²) in [5, 5.41) is 12.0. The molecule has 0 unspecified atom stereocenters. The largest absolute Gasteiger partial charge is 0.481 e. The summed E-state index contributed by atoms with van der Waals surface area (Å²) in [7, 11) is 0. The van der Waals surface area contributed by atoms with Crippen molar-refractivity contribution < 1.29 is 19.4 Å². The molecule has 5 nitrogen and oxygen atoms in total. The third kappa shape index (κ3) is 5.26. The number of carboxylic acids is 1. The van der Waals surface area contributed by atoms with Gasteiger partial charge in [-0.3, -0.25) is 4.79 Å². The van der Waals surface area contributed by atoms with Crippen LogP contribution in [0.1, 0.15) is 13.8 Å². The fourth-order valence-corrected chi connectivity index (χ4v) is 2.46. The highest BCUT2D eigenvalue weighted by Gasteiger charge is 2.23. The van der Waals surface area contributed by atoms with Crippen molar-refractivity contribution in [3.05, 3.63) is 27.2 Å². The fourth-order valence-electron chi connectivity index (χ4n) is 1.53. The first-order valence-electron chi connectivity index (χ1n) is 6.02. The van der Waals surface area contributed by atoms with Gasteiger partial charge in [-0.2, -0.15) is 0 Å². The second-order valence-corrected chi connectivity index (χ2v) is 5.87. The maximum absolute atomic E-state index is 11.7. The van der Waals surface area contributed by atoms with Crippen molar-refractivity contribution in [1.29, 1.82) is 0 Å². The third-order valence-corrected chi connectivity index (χ3v) is 3.34. The quantitative estimate of drug-likeness (QED) is 0.822. The molecule has 2 N–H and O–H groups in total. The van der Waals surface area contributed by atoms with Crippen LogP contribution in [0.5, 0.6) is 5.75 Å². The molecule has 0 heterocycles. The van der Waals surface area contributed by atoms with Crippen molar-refractivity contribution >= 4 is 46.7 Å². The first-order valence-corrected chi connectivity index (χ1v) is 7.15. The van der Waals surface area contributed by atoms with Gasteiger partial charge in [-0.1, -0.05) is 48.7 Å². The van der Waals surface area contributed by atoms with Crippen molar-refractivity contribution in [3.63, 3.8) is 0 Å². The average Bonchev–Trinajstić information content (AvgIpc) is 2.33. The predicted molar refractivity (Wildman–Crippen MR) is 81.4 cm³/mol. The fraction of sp³-hybridized carbons (Fsp3) is 0.385. The molecule has 0 radical (unpaired) electrons. The van der Waals surface area contributed by atoms with E-state index in [1.807, 2.05) is 0 Å². The van der Waals surface area contributed by atoms with E-state index in [9.17, 15) is 9.59 Å². The molecule has 0 aliphatic heterocycles. The topological polar surface area (TPSA) is 75.6 Å². The molecule has 1 amide bonds. The Hall–Kier alpha value is -1.17. The van der Waals surface area contributed by atoms with Gasteiger partial charge >= 0.3 is 5.97 Å². The van der Waals surface area contributed by atoms with Crippen LogP contribution in [0.3, 0.4) is 0 Å². The molecule has 0 saturated heterocycles. The Morgan fingerprint density at radius 1 is 1.24 bits per heavy atom. The Kier molecular flexibility index (Phi) is 6.58. The summed E-state index contributed by atoms with van der Waals surface area (Å²) in [4.78, 5) is 22.7. The SMILES string of the molecule is CC(C)[C@@H](NC(=O)COc1c(Cl)cc(Cl)cc1Cl)C(=O)O. The lowest BCUT2D eigenvalue weighted by Gasteiger charge is -2.18. The van der Waals surface area contributed by atoms with Crippen molar-refractivity contribution in [3.8, 4) is 5.75 Å². The highest BCUT2D eigenvalue weighted by Crippen LogP contribution is 2.35. The number of hydrogen-bond donors (Lipinski definition) is 2. The zero-order valence-corrected chi connectivity index (χ0v) is 13.6. The van der Waals surface area contributed by atoms with Crippen molar-refractivity contribution in [2.45, 2.75) is 19.9 Å². The number of aliphatic carboxylic acids is 1. The smallest absolute Gasteiger partial charge is 0.326 e. The molecule has 0 saturated carbocycles. The number of rotatable bonds is 6. The Morgan fingerprint density at radius 2 is 1.76 bits per heavy atom. The standard InChI is InChI=1S/C13H14Cl3NO4/c1-6(2)11(13(19)20)17-10(18)5-21-12-8(15)3-7(14)4-9(12)16/h3-4,6,11H,5H2,1-2H3,(H,17,18)(H,19,20)/t11-/m1/s1. The molecule has 1 atom stereocenters. The first kappa shape index (κ1) is 17.9. The zero-order valence-electron chi connectivity index (χ0n) is 11.3. The lowest BCUT2D eigenvalue weighted by Crippen LogP contribution is -2.46. The summed E-state index contributed by atoms with van der Waals surface area (Å²) in [6.07, 6.45) is 0. The van der Waals surface area contributed by atoms with Crippen molar-refractivity contribution in [1.82, 2.24) is 5.32 Å². The van der Waals surface area contributed by atoms with Crippen LogP contribution in [0.2, 0.25) is 15.1 Å². The maximum Gasteiger partial charge on any atom is 0.326 e. The molecule has 116 valence electrons. The van der Waals surface area contributed by atoms with Crippen LogP contribution in [0.4, 0.5) is 0 Å². The minimum Gasteiger partial charge on any atom is -0.481 e. The van der Waals surface area contributed by atoms with Gasteiger partial charge in [0, 0.05) is 5.02 Å². The Morgan fingerprint density at radius 3 is 2.19 bits per heavy atom. The number of carbonyl (C=O) groups is 2. The minimum absolute atomic E-state index is 0.120. The van der Waals surface area contributed by atoms with E-state index in [1.165, 1.54) is 12.1 Å². The lowest BCUT2D eigenvalue weighted by molar-refractivity contribution is -0.143. The van der Waals surface area contributed by atoms with Crippen LogP contribution in [0.15, 0.2) is 12.1 Å². The summed E-state index contributed by atoms with van der Waals surface area (Å²) >= 11 is 17.6. The summed E-state index contributed by atoms with van der Waals surface area (Å²) in [5.41, 5.74) is 0. The van der Waals surface area contributed by atoms with E-state index < -0.39 is 24.5 Å². The molecule has 0 aliphatic carbocycles. The number of carboxylic acid groups (broad SMARTS) is 1. The van der Waals surface area contributed by atoms with E-state index in [1.54, 1.807) is 13.8 Å². The van der Waals surface area contributed by atoms with Gasteiger partial charge in [-0.25, -0.2) is 4.79 Å². The summed E-state index contributed by atoms with van der Waals surface area (Å²) in [6, 6.07) is 1.87. The molecular formula is C13H14Cl3NO4. The molecule has 0 fully saturated rings. The summed E-state index contributed by atoms with van der Waals surface area (Å²) in [6.45, 7) is 2.97. The minimum atomic E-state index is -1.11. The molecule has 21 heavy (non-hydrogen) atoms. The highest BCUT2D eigenvalue weighted by molar-refractivity contribution is 6.40. The number of carbonyl (C=O) groups excluding carboxylic acids is 1. The van der Waals surface area contributed by atoms with E-state index in [2.05, 4.69) is 5.32 Å². The summed E-state index contributed by atoms with van der Waals surface area (Å²) in [5.74, 6) is -1.83. The molecule has 1 rings (SSSR count). The summed E-state index contributed by atoms with van der Waals surface area (Å²) < 4.78 is 5.22. The van der Waals surface area contributed by atoms with Crippen LogP contribution in [0, 0.1) is 5.92 Å². The average molecular weight is 355 g/mol. The van der Waals surface area contributed by atoms with Gasteiger partial charge in [0.2, 0.25) is 0 Å². The molecule has 0 aliphatic rings. The molecule has 1 aromatic carbocycles. The van der Waals surface area contributed by atoms with E-state index in [0.29, 0.717) is 5.02 Å². The normalized spacial score (nSPS) is 12.1. The monoisotopic (exact) mass is 353 g/mol. The van der Waals surface area contributed by atoms with Crippen LogP contribution in [0.25, 0.3) is 0 Å². The van der Waals surface area contributed by atoms with Gasteiger partial charge in [-0.05, 0) is 18.1 Å². The van der Waals surface area contributed by atoms with E-state index in [0.717, 1.165) is 0 Å². The highest BCUT2D eigenvalue weighted by atomic mass is 35.5. The first-order chi connectivity index (χ1) is 9.72. The van der Waals surface area contributed by atoms with Gasteiger partial charge in [0.1, 0.15) is 6.04 Å². The Bertz CT molecular complexity index is 525. The van der Waals surface area contributed by atoms with Crippen molar-refractivity contribution in [2.24, 2.45) is 5.92 Å². The Balaban J connectivity index is 2.67. The van der Waals surface area contributed by atoms with E-state index in [4.69, 9.17) is 44.6 Å². The van der Waals surface area contributed by atoms with Crippen molar-refractivity contribution in [2.75, 3.05) is 6.61 Å². The molecule has 8 heteroatoms. The maximum atomic E-state index is 11.7. The van der Waals surface area contributed by atoms with Gasteiger partial charge in [0.15, 0.2) is 12.4 Å². The van der Waals surface area contributed by atoms with Gasteiger partial charge in [-0.15, -0.1) is 0 Å². The van der Waals surface area contributed by atoms with E-state index in [-0.39, 0.29) is 21.7 Å². The van der Waals surface area contributed by atoms with E-state index >= 15 is 0 Å². The Labute approximate surface area is 137 Å². The zero-order chi connectivity index (χ0) is 16.2. The second-order valence-electron chi connectivity index (χ2n) is 4.61. The number of amides is 1. The van der Waals surface area contributed by atoms with Crippen LogP contribution in [-0.4, -0.2) is 29.6 Å². The van der Waals surface area contributed by atoms with Crippen LogP contribution < -0.4 is 10.1 Å². The molecule has 1 aromatic rings. The number of nitrogens with one attached hydrogen (secondary N) is 1. The van der Waals surface area contributed by atoms with Gasteiger partial charge < -0.3 is 15.2 Å². The van der Waals surface area contributed by atoms with Crippen LogP contribution in [-0.2, 0) is 9.59 Å². The predicted octanol–water partition coefficient (Wildman–Crippen LogP) is 3.25. The molecular weight excluding hydrogens is 341 g/mol. The molecule has 0 bridgehead atoms. The molecule has 0 aromatic heterocycles. The third-order valence-electron chi connectivity index (χ3n) is 2.56. The molecule has 0 spiro atoms. The second kappa shape index (κ2) is 7.73. The lowest BCUT2D eigenvalue weighted by atomic mass is 10.1. The number of hydrogen-bond acceptors (Lipinski definition) is 3. The number of ether oxygens (including phenoxy) is 1. The number of halogens is 3.